The van der Waals surface area contributed by atoms with Gasteiger partial charge in [0.15, 0.2) is 0 Å². The average molecular weight is 167 g/mol. The molecule has 0 heterocycles. The van der Waals surface area contributed by atoms with E-state index in [1.807, 2.05) is 0 Å². The van der Waals surface area contributed by atoms with Crippen LogP contribution in [0.1, 0.15) is 11.1 Å². The molecule has 12 heavy (non-hydrogen) atoms. The molecule has 0 spiro atoms. The van der Waals surface area contributed by atoms with E-state index in [-0.39, 0.29) is 0 Å². The van der Waals surface area contributed by atoms with Crippen molar-refractivity contribution in [2.75, 3.05) is 0 Å². The first-order chi connectivity index (χ1) is 5.57. The SMILES string of the molecule is [C-]#[N+]c1c(F)cc(C)c(C)c1F. The molecule has 0 aliphatic heterocycles. The van der Waals surface area contributed by atoms with Gasteiger partial charge in [0.2, 0.25) is 0 Å². The molecule has 0 saturated heterocycles. The molecule has 1 aromatic carbocycles. The van der Waals surface area contributed by atoms with Gasteiger partial charge in [-0.1, -0.05) is 0 Å². The molecule has 0 saturated carbocycles. The van der Waals surface area contributed by atoms with E-state index in [1.165, 1.54) is 13.0 Å². The van der Waals surface area contributed by atoms with Crippen LogP contribution >= 0.6 is 0 Å². The number of hydrogen-bond donors (Lipinski definition) is 0. The minimum Gasteiger partial charge on any atom is -0.232 e. The zero-order valence-corrected chi connectivity index (χ0v) is 6.78. The Morgan fingerprint density at radius 3 is 2.42 bits per heavy atom. The molecular formula is C9H7F2N. The third-order valence-electron chi connectivity index (χ3n) is 1.81. The number of rotatable bonds is 0. The fraction of sp³-hybridized carbons (Fsp3) is 0.222. The third-order valence-corrected chi connectivity index (χ3v) is 1.81. The van der Waals surface area contributed by atoms with E-state index < -0.39 is 17.3 Å². The van der Waals surface area contributed by atoms with Crippen molar-refractivity contribution in [1.82, 2.24) is 0 Å². The van der Waals surface area contributed by atoms with Gasteiger partial charge in [0.05, 0.1) is 6.57 Å². The molecule has 0 atom stereocenters. The predicted molar refractivity (Wildman–Crippen MR) is 42.1 cm³/mol. The number of halogens is 2. The molecule has 0 bridgehead atoms. The lowest BCUT2D eigenvalue weighted by molar-refractivity contribution is 0.585. The van der Waals surface area contributed by atoms with Crippen molar-refractivity contribution in [2.45, 2.75) is 13.8 Å². The van der Waals surface area contributed by atoms with Crippen LogP contribution in [0, 0.1) is 32.1 Å². The summed E-state index contributed by atoms with van der Waals surface area (Å²) in [6.07, 6.45) is 0. The maximum Gasteiger partial charge on any atom is 0.257 e. The van der Waals surface area contributed by atoms with E-state index in [0.29, 0.717) is 11.1 Å². The minimum atomic E-state index is -0.786. The van der Waals surface area contributed by atoms with E-state index in [1.54, 1.807) is 6.92 Å². The summed E-state index contributed by atoms with van der Waals surface area (Å²) in [7, 11) is 0. The molecule has 62 valence electrons. The lowest BCUT2D eigenvalue weighted by atomic mass is 10.1. The van der Waals surface area contributed by atoms with Crippen LogP contribution in [0.4, 0.5) is 14.5 Å². The van der Waals surface area contributed by atoms with Crippen LogP contribution in [0.25, 0.3) is 4.85 Å². The van der Waals surface area contributed by atoms with Gasteiger partial charge in [-0.3, -0.25) is 0 Å². The third kappa shape index (κ3) is 1.16. The summed E-state index contributed by atoms with van der Waals surface area (Å²) in [6.45, 7) is 9.67. The molecule has 0 N–H and O–H groups in total. The zero-order chi connectivity index (χ0) is 9.30. The Balaban J connectivity index is 3.54. The molecule has 0 fully saturated rings. The smallest absolute Gasteiger partial charge is 0.232 e. The van der Waals surface area contributed by atoms with Gasteiger partial charge in [0.1, 0.15) is 11.6 Å². The van der Waals surface area contributed by atoms with Crippen molar-refractivity contribution < 1.29 is 8.78 Å². The highest BCUT2D eigenvalue weighted by atomic mass is 19.1. The summed E-state index contributed by atoms with van der Waals surface area (Å²) in [4.78, 5) is 2.77. The molecule has 0 aliphatic rings. The molecule has 3 heteroatoms. The van der Waals surface area contributed by atoms with E-state index in [2.05, 4.69) is 4.85 Å². The van der Waals surface area contributed by atoms with Crippen molar-refractivity contribution in [3.05, 3.63) is 40.2 Å². The van der Waals surface area contributed by atoms with Crippen LogP contribution in [0.3, 0.4) is 0 Å². The van der Waals surface area contributed by atoms with Crippen LogP contribution in [-0.4, -0.2) is 0 Å². The van der Waals surface area contributed by atoms with E-state index >= 15 is 0 Å². The van der Waals surface area contributed by atoms with Crippen LogP contribution in [-0.2, 0) is 0 Å². The van der Waals surface area contributed by atoms with Crippen molar-refractivity contribution >= 4 is 5.69 Å². The Kier molecular flexibility index (Phi) is 2.09. The highest BCUT2D eigenvalue weighted by molar-refractivity contribution is 5.52. The Morgan fingerprint density at radius 2 is 1.92 bits per heavy atom. The second-order valence-corrected chi connectivity index (χ2v) is 2.57. The summed E-state index contributed by atoms with van der Waals surface area (Å²) in [5, 5.41) is 0. The Hall–Kier alpha value is -1.43. The van der Waals surface area contributed by atoms with Gasteiger partial charge in [0.25, 0.3) is 5.69 Å². The standard InChI is InChI=1S/C9H7F2N/c1-5-4-7(10)9(12-3)8(11)6(5)2/h4H,1-2H3. The Bertz CT molecular complexity index is 364. The summed E-state index contributed by atoms with van der Waals surface area (Å²) in [6, 6.07) is 1.17. The highest BCUT2D eigenvalue weighted by Crippen LogP contribution is 2.26. The van der Waals surface area contributed by atoms with Crippen molar-refractivity contribution in [1.29, 1.82) is 0 Å². The quantitative estimate of drug-likeness (QED) is 0.523. The summed E-state index contributed by atoms with van der Waals surface area (Å²) in [5.41, 5.74) is 0.345. The first kappa shape index (κ1) is 8.66. The van der Waals surface area contributed by atoms with Crippen LogP contribution in [0.15, 0.2) is 6.07 Å². The number of aryl methyl sites for hydroxylation is 1. The van der Waals surface area contributed by atoms with Crippen molar-refractivity contribution in [3.63, 3.8) is 0 Å². The zero-order valence-electron chi connectivity index (χ0n) is 6.78. The summed E-state index contributed by atoms with van der Waals surface area (Å²) >= 11 is 0. The lowest BCUT2D eigenvalue weighted by Gasteiger charge is -2.03. The predicted octanol–water partition coefficient (Wildman–Crippen LogP) is 3.13. The molecule has 1 rings (SSSR count). The van der Waals surface area contributed by atoms with E-state index in [0.717, 1.165) is 0 Å². The van der Waals surface area contributed by atoms with Crippen LogP contribution in [0.5, 0.6) is 0 Å². The number of benzene rings is 1. The van der Waals surface area contributed by atoms with E-state index in [4.69, 9.17) is 6.57 Å². The Labute approximate surface area is 69.5 Å². The molecule has 0 unspecified atom stereocenters. The molecule has 0 aromatic heterocycles. The number of hydrogen-bond acceptors (Lipinski definition) is 0. The summed E-state index contributed by atoms with van der Waals surface area (Å²) in [5.74, 6) is -1.53. The molecule has 1 nitrogen and oxygen atoms in total. The fourth-order valence-electron chi connectivity index (χ4n) is 0.925. The normalized spacial score (nSPS) is 9.58. The van der Waals surface area contributed by atoms with Crippen LogP contribution < -0.4 is 0 Å². The second-order valence-electron chi connectivity index (χ2n) is 2.57. The first-order valence-corrected chi connectivity index (χ1v) is 3.40. The fourth-order valence-corrected chi connectivity index (χ4v) is 0.925. The molecule has 1 aromatic rings. The van der Waals surface area contributed by atoms with Gasteiger partial charge >= 0.3 is 0 Å². The van der Waals surface area contributed by atoms with Gasteiger partial charge in [-0.25, -0.2) is 13.6 Å². The Morgan fingerprint density at radius 1 is 1.33 bits per heavy atom. The minimum absolute atomic E-state index is 0.336. The van der Waals surface area contributed by atoms with Gasteiger partial charge in [-0.15, -0.1) is 0 Å². The highest BCUT2D eigenvalue weighted by Gasteiger charge is 2.13. The van der Waals surface area contributed by atoms with Gasteiger partial charge < -0.3 is 0 Å². The molecule has 0 aliphatic carbocycles. The van der Waals surface area contributed by atoms with Crippen molar-refractivity contribution in [3.8, 4) is 0 Å². The van der Waals surface area contributed by atoms with Gasteiger partial charge in [0, 0.05) is 0 Å². The topological polar surface area (TPSA) is 4.36 Å². The molecular weight excluding hydrogens is 160 g/mol. The average Bonchev–Trinajstić information content (AvgIpc) is 2.01. The number of nitrogens with zero attached hydrogens (tertiary/aromatic N) is 1. The maximum absolute atomic E-state index is 13.1. The van der Waals surface area contributed by atoms with Gasteiger partial charge in [-0.05, 0) is 31.0 Å². The maximum atomic E-state index is 13.1. The monoisotopic (exact) mass is 167 g/mol. The van der Waals surface area contributed by atoms with Crippen LogP contribution in [0.2, 0.25) is 0 Å². The first-order valence-electron chi connectivity index (χ1n) is 3.40. The largest absolute Gasteiger partial charge is 0.257 e. The lowest BCUT2D eigenvalue weighted by Crippen LogP contribution is -1.90. The molecule has 0 amide bonds. The summed E-state index contributed by atoms with van der Waals surface area (Å²) < 4.78 is 25.9. The van der Waals surface area contributed by atoms with E-state index in [9.17, 15) is 8.78 Å². The second kappa shape index (κ2) is 2.90. The van der Waals surface area contributed by atoms with Crippen molar-refractivity contribution in [2.24, 2.45) is 0 Å². The van der Waals surface area contributed by atoms with Gasteiger partial charge in [-0.2, -0.15) is 0 Å². The molecule has 0 radical (unpaired) electrons.